The van der Waals surface area contributed by atoms with Crippen LogP contribution in [0, 0.1) is 5.92 Å². The van der Waals surface area contributed by atoms with Gasteiger partial charge in [-0.15, -0.1) is 12.4 Å². The number of anilines is 2. The van der Waals surface area contributed by atoms with Crippen LogP contribution in [-0.2, 0) is 17.6 Å². The molecule has 6 heteroatoms. The molecule has 1 atom stereocenters. The molecule has 1 aliphatic carbocycles. The minimum absolute atomic E-state index is 0. The van der Waals surface area contributed by atoms with Gasteiger partial charge >= 0.3 is 5.97 Å². The summed E-state index contributed by atoms with van der Waals surface area (Å²) < 4.78 is 0. The predicted octanol–water partition coefficient (Wildman–Crippen LogP) is 10.7. The standard InChI is InChI=1S/C19H23ClN2.C18H32O2.ClH/c1-21(2)12-5-13-22-18-7-4-3-6-15(18)8-9-16-10-11-17(20)14-19(16)22;19-18(20)16-10-8-6-4-2-1-3-5-7-9-13-17-14-11-12-15-17;/h3-4,6-7,10-11,14H,5,8-9,12-13H2,1-2H3;11,14,17H,1-10,12-13,15-16H2,(H,19,20);1H. The lowest BCUT2D eigenvalue weighted by Crippen LogP contribution is -2.24. The second-order valence-electron chi connectivity index (χ2n) is 12.4. The van der Waals surface area contributed by atoms with Crippen LogP contribution in [0.4, 0.5) is 11.4 Å². The molecule has 2 aromatic carbocycles. The summed E-state index contributed by atoms with van der Waals surface area (Å²) in [6, 6.07) is 15.1. The first-order valence-electron chi connectivity index (χ1n) is 16.6. The van der Waals surface area contributed by atoms with Crippen molar-refractivity contribution in [2.45, 2.75) is 109 Å². The Bertz CT molecular complexity index is 1090. The quantitative estimate of drug-likeness (QED) is 0.139. The molecule has 0 aromatic heterocycles. The summed E-state index contributed by atoms with van der Waals surface area (Å²) in [6.07, 6.45) is 25.2. The van der Waals surface area contributed by atoms with E-state index in [1.807, 2.05) is 6.07 Å². The van der Waals surface area contributed by atoms with E-state index < -0.39 is 5.97 Å². The van der Waals surface area contributed by atoms with Crippen LogP contribution in [0.15, 0.2) is 54.6 Å². The van der Waals surface area contributed by atoms with Gasteiger partial charge < -0.3 is 14.9 Å². The number of carboxylic acid groups (broad SMARTS) is 1. The van der Waals surface area contributed by atoms with Crippen molar-refractivity contribution in [1.82, 2.24) is 4.90 Å². The molecule has 2 aliphatic rings. The lowest BCUT2D eigenvalue weighted by Gasteiger charge is -2.27. The number of benzene rings is 2. The highest BCUT2D eigenvalue weighted by molar-refractivity contribution is 6.30. The molecule has 1 unspecified atom stereocenters. The van der Waals surface area contributed by atoms with Gasteiger partial charge in [0.25, 0.3) is 0 Å². The summed E-state index contributed by atoms with van der Waals surface area (Å²) in [4.78, 5) is 15.0. The van der Waals surface area contributed by atoms with E-state index in [0.29, 0.717) is 6.42 Å². The smallest absolute Gasteiger partial charge is 0.303 e. The Morgan fingerprint density at radius 3 is 2.12 bits per heavy atom. The number of allylic oxidation sites excluding steroid dienone is 2. The van der Waals surface area contributed by atoms with Gasteiger partial charge in [0.2, 0.25) is 0 Å². The fraction of sp³-hybridized carbons (Fsp3) is 0.595. The van der Waals surface area contributed by atoms with Crippen LogP contribution in [0.5, 0.6) is 0 Å². The van der Waals surface area contributed by atoms with E-state index >= 15 is 0 Å². The average Bonchev–Trinajstić information content (AvgIpc) is 3.44. The van der Waals surface area contributed by atoms with Crippen molar-refractivity contribution in [3.63, 3.8) is 0 Å². The van der Waals surface area contributed by atoms with Crippen LogP contribution < -0.4 is 4.90 Å². The van der Waals surface area contributed by atoms with Crippen molar-refractivity contribution in [1.29, 1.82) is 0 Å². The van der Waals surface area contributed by atoms with Crippen molar-refractivity contribution in [3.8, 4) is 0 Å². The zero-order valence-corrected chi connectivity index (χ0v) is 28.3. The molecule has 43 heavy (non-hydrogen) atoms. The molecular weight excluding hydrogens is 575 g/mol. The number of carboxylic acids is 1. The second-order valence-corrected chi connectivity index (χ2v) is 12.9. The van der Waals surface area contributed by atoms with Gasteiger partial charge in [-0.3, -0.25) is 4.79 Å². The normalized spacial score (nSPS) is 15.3. The van der Waals surface area contributed by atoms with Crippen LogP contribution in [0.25, 0.3) is 0 Å². The molecule has 1 aliphatic heterocycles. The maximum atomic E-state index is 10.3. The molecule has 0 radical (unpaired) electrons. The van der Waals surface area contributed by atoms with Crippen LogP contribution >= 0.6 is 24.0 Å². The van der Waals surface area contributed by atoms with Gasteiger partial charge in [-0.1, -0.05) is 106 Å². The summed E-state index contributed by atoms with van der Waals surface area (Å²) >= 11 is 6.27. The first kappa shape index (κ1) is 37.2. The van der Waals surface area contributed by atoms with Gasteiger partial charge in [-0.25, -0.2) is 0 Å². The molecule has 0 saturated carbocycles. The Labute approximate surface area is 273 Å². The van der Waals surface area contributed by atoms with Crippen molar-refractivity contribution in [2.75, 3.05) is 32.1 Å². The molecule has 1 N–H and O–H groups in total. The van der Waals surface area contributed by atoms with E-state index in [4.69, 9.17) is 16.7 Å². The van der Waals surface area contributed by atoms with Crippen molar-refractivity contribution >= 4 is 41.4 Å². The van der Waals surface area contributed by atoms with E-state index in [2.05, 4.69) is 72.4 Å². The summed E-state index contributed by atoms with van der Waals surface area (Å²) in [7, 11) is 4.25. The van der Waals surface area contributed by atoms with E-state index in [1.54, 1.807) is 0 Å². The zero-order valence-electron chi connectivity index (χ0n) is 26.7. The van der Waals surface area contributed by atoms with Crippen LogP contribution in [-0.4, -0.2) is 43.2 Å². The van der Waals surface area contributed by atoms with Gasteiger partial charge in [0.15, 0.2) is 0 Å². The van der Waals surface area contributed by atoms with Gasteiger partial charge in [0.05, 0.1) is 0 Å². The summed E-state index contributed by atoms with van der Waals surface area (Å²) in [6.45, 7) is 2.11. The van der Waals surface area contributed by atoms with E-state index in [0.717, 1.165) is 56.1 Å². The summed E-state index contributed by atoms with van der Waals surface area (Å²) in [5.41, 5.74) is 5.43. The third-order valence-corrected chi connectivity index (χ3v) is 8.83. The van der Waals surface area contributed by atoms with Crippen LogP contribution in [0.1, 0.15) is 107 Å². The van der Waals surface area contributed by atoms with Gasteiger partial charge in [0.1, 0.15) is 0 Å². The molecule has 0 amide bonds. The minimum Gasteiger partial charge on any atom is -0.481 e. The van der Waals surface area contributed by atoms with E-state index in [1.165, 1.54) is 93.1 Å². The number of halogens is 2. The largest absolute Gasteiger partial charge is 0.481 e. The Morgan fingerprint density at radius 1 is 0.860 bits per heavy atom. The SMILES string of the molecule is CN(C)CCCN1c2ccccc2CCc2ccc(Cl)cc21.Cl.O=C(O)CCCCCCCCCCCCC1C=CCC1. The van der Waals surface area contributed by atoms with E-state index in [9.17, 15) is 4.79 Å². The number of aliphatic carboxylic acids is 1. The molecule has 4 nitrogen and oxygen atoms in total. The third-order valence-electron chi connectivity index (χ3n) is 8.60. The first-order chi connectivity index (χ1) is 20.4. The summed E-state index contributed by atoms with van der Waals surface area (Å²) in [5, 5.41) is 9.34. The molecule has 0 spiro atoms. The molecule has 0 bridgehead atoms. The van der Waals surface area contributed by atoms with Crippen LogP contribution in [0.3, 0.4) is 0 Å². The maximum absolute atomic E-state index is 10.3. The monoisotopic (exact) mass is 630 g/mol. The molecule has 4 rings (SSSR count). The van der Waals surface area contributed by atoms with Crippen molar-refractivity contribution in [2.24, 2.45) is 5.92 Å². The first-order valence-corrected chi connectivity index (χ1v) is 17.0. The van der Waals surface area contributed by atoms with Crippen molar-refractivity contribution < 1.29 is 9.90 Å². The maximum Gasteiger partial charge on any atom is 0.303 e. The predicted molar refractivity (Wildman–Crippen MR) is 188 cm³/mol. The van der Waals surface area contributed by atoms with Crippen LogP contribution in [0.2, 0.25) is 5.02 Å². The number of unbranched alkanes of at least 4 members (excludes halogenated alkanes) is 9. The molecule has 1 heterocycles. The molecular formula is C37H56Cl2N2O2. The topological polar surface area (TPSA) is 43.8 Å². The lowest BCUT2D eigenvalue weighted by molar-refractivity contribution is -0.137. The van der Waals surface area contributed by atoms with Crippen molar-refractivity contribution in [3.05, 3.63) is 70.8 Å². The molecule has 240 valence electrons. The Morgan fingerprint density at radius 2 is 1.49 bits per heavy atom. The highest BCUT2D eigenvalue weighted by Gasteiger charge is 2.20. The number of para-hydroxylation sites is 1. The van der Waals surface area contributed by atoms with Gasteiger partial charge in [0, 0.05) is 29.4 Å². The second kappa shape index (κ2) is 21.7. The minimum atomic E-state index is -0.655. The van der Waals surface area contributed by atoms with E-state index in [-0.39, 0.29) is 12.4 Å². The van der Waals surface area contributed by atoms with Gasteiger partial charge in [-0.05, 0) is 101 Å². The fourth-order valence-electron chi connectivity index (χ4n) is 6.20. The number of nitrogens with zero attached hydrogens (tertiary/aromatic N) is 2. The number of hydrogen-bond donors (Lipinski definition) is 1. The molecule has 0 saturated heterocycles. The fourth-order valence-corrected chi connectivity index (χ4v) is 6.37. The highest BCUT2D eigenvalue weighted by atomic mass is 35.5. The van der Waals surface area contributed by atoms with Gasteiger partial charge in [-0.2, -0.15) is 0 Å². The number of fused-ring (bicyclic) bond motifs is 2. The summed E-state index contributed by atoms with van der Waals surface area (Å²) in [5.74, 6) is 0.235. The zero-order chi connectivity index (χ0) is 30.0. The lowest BCUT2D eigenvalue weighted by atomic mass is 9.99. The molecule has 0 fully saturated rings. The number of hydrogen-bond acceptors (Lipinski definition) is 3. The average molecular weight is 632 g/mol. The molecule has 2 aromatic rings. The Balaban J connectivity index is 0.000000295. The highest BCUT2D eigenvalue weighted by Crippen LogP contribution is 2.37. The third kappa shape index (κ3) is 14.5. The Kier molecular flexibility index (Phi) is 18.7. The number of rotatable bonds is 17. The Hall–Kier alpha value is -2.01. The number of aryl methyl sites for hydroxylation is 2. The number of carbonyl (C=O) groups is 1.